The molecule has 1 amide bonds. The third kappa shape index (κ3) is 8.79. The Bertz CT molecular complexity index is 2050. The zero-order valence-electron chi connectivity index (χ0n) is 33.1. The molecule has 8 rings (SSSR count). The van der Waals surface area contributed by atoms with E-state index in [9.17, 15) is 4.79 Å². The molecule has 0 spiro atoms. The van der Waals surface area contributed by atoms with Crippen LogP contribution in [0.1, 0.15) is 29.2 Å². The number of carbonyl (C=O) groups is 1. The fraction of sp³-hybridized carbons (Fsp3) is 0.386. The number of rotatable bonds is 13. The van der Waals surface area contributed by atoms with Crippen molar-refractivity contribution in [3.63, 3.8) is 0 Å². The molecule has 3 aromatic carbocycles. The molecule has 296 valence electrons. The van der Waals surface area contributed by atoms with E-state index in [4.69, 9.17) is 34.1 Å². The summed E-state index contributed by atoms with van der Waals surface area (Å²) in [6.45, 7) is 11.3. The number of morpholine rings is 1. The number of hydrogen-bond acceptors (Lipinski definition) is 12. The lowest BCUT2D eigenvalue weighted by Crippen LogP contribution is -2.48. The normalized spacial score (nSPS) is 15.7. The lowest BCUT2D eigenvalue weighted by molar-refractivity contribution is -0.132. The van der Waals surface area contributed by atoms with E-state index in [1.165, 1.54) is 0 Å². The molecule has 0 unspecified atom stereocenters. The van der Waals surface area contributed by atoms with Gasteiger partial charge in [0.1, 0.15) is 17.3 Å². The van der Waals surface area contributed by atoms with Gasteiger partial charge in [0.15, 0.2) is 0 Å². The number of methoxy groups -OCH3 is 2. The maximum Gasteiger partial charge on any atom is 0.228 e. The minimum Gasteiger partial charge on any atom is -0.497 e. The van der Waals surface area contributed by atoms with Crippen LogP contribution in [0, 0.1) is 0 Å². The van der Waals surface area contributed by atoms with Crippen molar-refractivity contribution < 1.29 is 19.0 Å². The van der Waals surface area contributed by atoms with Crippen LogP contribution in [-0.2, 0) is 35.5 Å². The average Bonchev–Trinajstić information content (AvgIpc) is 3.71. The Kier molecular flexibility index (Phi) is 11.7. The Morgan fingerprint density at radius 1 is 0.737 bits per heavy atom. The molecule has 0 saturated carbocycles. The SMILES string of the molecule is CCN1CCN(C(=O)Cc2ccc(N3CCc4c(-c5cnc(N(Cc6ccc(OC)cc6)Cc6ccc(OC)cc6)nc5)nc(N5CCOCC5)nc43)cc2)CC1. The number of likely N-dealkylation sites (N-methyl/N-ethyl adjacent to an activating group) is 1. The van der Waals surface area contributed by atoms with Crippen molar-refractivity contribution in [3.05, 3.63) is 107 Å². The summed E-state index contributed by atoms with van der Waals surface area (Å²) >= 11 is 0. The van der Waals surface area contributed by atoms with E-state index in [0.29, 0.717) is 44.6 Å². The first-order valence-electron chi connectivity index (χ1n) is 19.9. The van der Waals surface area contributed by atoms with E-state index < -0.39 is 0 Å². The Morgan fingerprint density at radius 2 is 1.33 bits per heavy atom. The first kappa shape index (κ1) is 38.1. The summed E-state index contributed by atoms with van der Waals surface area (Å²) in [5.41, 5.74) is 7.05. The highest BCUT2D eigenvalue weighted by molar-refractivity contribution is 5.80. The second-order valence-corrected chi connectivity index (χ2v) is 14.7. The maximum atomic E-state index is 13.1. The van der Waals surface area contributed by atoms with Crippen molar-refractivity contribution in [1.29, 1.82) is 0 Å². The van der Waals surface area contributed by atoms with Crippen molar-refractivity contribution >= 4 is 29.3 Å². The smallest absolute Gasteiger partial charge is 0.228 e. The first-order valence-corrected chi connectivity index (χ1v) is 19.9. The predicted octanol–water partition coefficient (Wildman–Crippen LogP) is 5.40. The Balaban J connectivity index is 1.06. The second kappa shape index (κ2) is 17.6. The predicted molar refractivity (Wildman–Crippen MR) is 222 cm³/mol. The summed E-state index contributed by atoms with van der Waals surface area (Å²) in [7, 11) is 3.35. The zero-order chi connectivity index (χ0) is 39.1. The highest BCUT2D eigenvalue weighted by Gasteiger charge is 2.30. The molecular weight excluding hydrogens is 719 g/mol. The van der Waals surface area contributed by atoms with Crippen LogP contribution in [0.5, 0.6) is 11.5 Å². The summed E-state index contributed by atoms with van der Waals surface area (Å²) in [4.78, 5) is 44.4. The van der Waals surface area contributed by atoms with Crippen LogP contribution < -0.4 is 24.2 Å². The van der Waals surface area contributed by atoms with Gasteiger partial charge in [0.25, 0.3) is 0 Å². The van der Waals surface area contributed by atoms with Crippen LogP contribution in [0.2, 0.25) is 0 Å². The number of fused-ring (bicyclic) bond motifs is 1. The molecule has 2 aromatic heterocycles. The van der Waals surface area contributed by atoms with Crippen LogP contribution in [0.15, 0.2) is 85.2 Å². The molecule has 0 N–H and O–H groups in total. The van der Waals surface area contributed by atoms with Crippen molar-refractivity contribution in [2.75, 3.05) is 94.5 Å². The van der Waals surface area contributed by atoms with E-state index in [2.05, 4.69) is 75.1 Å². The topological polar surface area (TPSA) is 113 Å². The van der Waals surface area contributed by atoms with Crippen LogP contribution in [0.3, 0.4) is 0 Å². The maximum absolute atomic E-state index is 13.1. The van der Waals surface area contributed by atoms with Crippen molar-refractivity contribution in [2.24, 2.45) is 0 Å². The number of ether oxygens (including phenoxy) is 3. The summed E-state index contributed by atoms with van der Waals surface area (Å²) in [6.07, 6.45) is 4.96. The zero-order valence-corrected chi connectivity index (χ0v) is 33.1. The van der Waals surface area contributed by atoms with Gasteiger partial charge in [-0.2, -0.15) is 4.98 Å². The fourth-order valence-corrected chi connectivity index (χ4v) is 7.74. The third-order valence-electron chi connectivity index (χ3n) is 11.1. The number of carbonyl (C=O) groups excluding carboxylic acids is 1. The Labute approximate surface area is 334 Å². The highest BCUT2D eigenvalue weighted by atomic mass is 16.5. The summed E-state index contributed by atoms with van der Waals surface area (Å²) in [5, 5.41) is 0. The van der Waals surface area contributed by atoms with Crippen LogP contribution >= 0.6 is 0 Å². The van der Waals surface area contributed by atoms with Crippen molar-refractivity contribution in [3.8, 4) is 22.8 Å². The average molecular weight is 770 g/mol. The molecule has 0 atom stereocenters. The van der Waals surface area contributed by atoms with Crippen molar-refractivity contribution in [1.82, 2.24) is 29.7 Å². The quantitative estimate of drug-likeness (QED) is 0.153. The first-order chi connectivity index (χ1) is 28.0. The highest BCUT2D eigenvalue weighted by Crippen LogP contribution is 2.39. The molecule has 5 aromatic rings. The number of aromatic nitrogens is 4. The van der Waals surface area contributed by atoms with Crippen LogP contribution in [0.4, 0.5) is 23.4 Å². The van der Waals surface area contributed by atoms with Gasteiger partial charge in [0, 0.05) is 88.1 Å². The van der Waals surface area contributed by atoms with Gasteiger partial charge in [-0.25, -0.2) is 15.0 Å². The van der Waals surface area contributed by atoms with Crippen LogP contribution in [0.25, 0.3) is 11.3 Å². The Hall–Kier alpha value is -5.79. The van der Waals surface area contributed by atoms with Gasteiger partial charge >= 0.3 is 0 Å². The molecule has 2 saturated heterocycles. The lowest BCUT2D eigenvalue weighted by atomic mass is 10.1. The molecule has 13 heteroatoms. The second-order valence-electron chi connectivity index (χ2n) is 14.7. The van der Waals surface area contributed by atoms with Crippen molar-refractivity contribution in [2.45, 2.75) is 32.9 Å². The third-order valence-corrected chi connectivity index (χ3v) is 11.1. The van der Waals surface area contributed by atoms with E-state index in [1.807, 2.05) is 41.6 Å². The number of hydrogen-bond donors (Lipinski definition) is 0. The molecule has 0 aliphatic carbocycles. The minimum absolute atomic E-state index is 0.190. The molecule has 3 aliphatic rings. The summed E-state index contributed by atoms with van der Waals surface area (Å²) < 4.78 is 16.5. The number of piperazine rings is 1. The lowest BCUT2D eigenvalue weighted by Gasteiger charge is -2.34. The number of amides is 1. The van der Waals surface area contributed by atoms with Crippen LogP contribution in [-0.4, -0.2) is 115 Å². The Morgan fingerprint density at radius 3 is 1.91 bits per heavy atom. The molecule has 0 bridgehead atoms. The van der Waals surface area contributed by atoms with Gasteiger partial charge in [0.05, 0.1) is 39.5 Å². The standard InChI is InChI=1S/C44H51N9O4/c1-4-49-19-21-50(22-20-49)40(54)27-32-5-11-36(12-6-32)53-18-17-39-41(47-44(48-42(39)53)51-23-25-57-26-24-51)35-28-45-43(46-29-35)52(30-33-7-13-37(55-2)14-8-33)31-34-9-15-38(56-3)16-10-34/h5-16,28-29H,4,17-27,30-31H2,1-3H3. The van der Waals surface area contributed by atoms with Gasteiger partial charge in [0.2, 0.25) is 17.8 Å². The number of nitrogens with zero attached hydrogens (tertiary/aromatic N) is 9. The van der Waals surface area contributed by atoms with E-state index >= 15 is 0 Å². The number of benzene rings is 3. The molecular formula is C44H51N9O4. The molecule has 5 heterocycles. The molecule has 3 aliphatic heterocycles. The molecule has 0 radical (unpaired) electrons. The van der Waals surface area contributed by atoms with Gasteiger partial charge in [-0.15, -0.1) is 0 Å². The fourth-order valence-electron chi connectivity index (χ4n) is 7.74. The summed E-state index contributed by atoms with van der Waals surface area (Å²) in [6, 6.07) is 24.6. The van der Waals surface area contributed by atoms with E-state index in [-0.39, 0.29) is 5.91 Å². The molecule has 13 nitrogen and oxygen atoms in total. The minimum atomic E-state index is 0.190. The number of anilines is 4. The van der Waals surface area contributed by atoms with Gasteiger partial charge < -0.3 is 38.7 Å². The summed E-state index contributed by atoms with van der Waals surface area (Å²) in [5.74, 6) is 4.00. The van der Waals surface area contributed by atoms with E-state index in [0.717, 1.165) is 115 Å². The van der Waals surface area contributed by atoms with Gasteiger partial charge in [-0.3, -0.25) is 4.79 Å². The largest absolute Gasteiger partial charge is 0.497 e. The molecule has 57 heavy (non-hydrogen) atoms. The van der Waals surface area contributed by atoms with E-state index in [1.54, 1.807) is 14.2 Å². The monoisotopic (exact) mass is 769 g/mol. The van der Waals surface area contributed by atoms with Gasteiger partial charge in [-0.05, 0) is 66.1 Å². The van der Waals surface area contributed by atoms with Gasteiger partial charge in [-0.1, -0.05) is 43.3 Å². The molecule has 2 fully saturated rings.